The molecule has 166 valence electrons. The van der Waals surface area contributed by atoms with Gasteiger partial charge in [-0.3, -0.25) is 9.59 Å². The smallest absolute Gasteiger partial charge is 0.252 e. The summed E-state index contributed by atoms with van der Waals surface area (Å²) in [4.78, 5) is 30.5. The fourth-order valence-corrected chi connectivity index (χ4v) is 4.06. The lowest BCUT2D eigenvalue weighted by Crippen LogP contribution is -2.44. The molecule has 33 heavy (non-hydrogen) atoms. The van der Waals surface area contributed by atoms with Crippen molar-refractivity contribution in [3.05, 3.63) is 102 Å². The van der Waals surface area contributed by atoms with Gasteiger partial charge in [-0.1, -0.05) is 48.5 Å². The topological polar surface area (TPSA) is 76.4 Å². The van der Waals surface area contributed by atoms with Crippen LogP contribution in [0.1, 0.15) is 33.9 Å². The molecule has 1 heterocycles. The first-order chi connectivity index (χ1) is 16.2. The molecule has 1 atom stereocenters. The van der Waals surface area contributed by atoms with Gasteiger partial charge in [-0.15, -0.1) is 0 Å². The largest absolute Gasteiger partial charge is 0.370 e. The zero-order valence-electron chi connectivity index (χ0n) is 18.4. The molecule has 0 bridgehead atoms. The van der Waals surface area contributed by atoms with Gasteiger partial charge in [0.2, 0.25) is 5.91 Å². The second kappa shape index (κ2) is 10.5. The highest BCUT2D eigenvalue weighted by molar-refractivity contribution is 5.97. The van der Waals surface area contributed by atoms with Crippen LogP contribution in [0.3, 0.4) is 0 Å². The van der Waals surface area contributed by atoms with E-state index in [9.17, 15) is 9.59 Å². The summed E-state index contributed by atoms with van der Waals surface area (Å²) < 4.78 is 0. The van der Waals surface area contributed by atoms with Crippen molar-refractivity contribution in [3.63, 3.8) is 0 Å². The quantitative estimate of drug-likeness (QED) is 0.658. The SMILES string of the molecule is N#Cc1ccc(N2CCCN(C(=O)C(NC(=O)c3ccccc3)c3ccccc3)CC2)cc1. The maximum atomic E-state index is 13.6. The summed E-state index contributed by atoms with van der Waals surface area (Å²) in [5.41, 5.74) is 2.96. The molecule has 6 nitrogen and oxygen atoms in total. The minimum Gasteiger partial charge on any atom is -0.370 e. The number of hydrogen-bond donors (Lipinski definition) is 1. The van der Waals surface area contributed by atoms with Crippen LogP contribution < -0.4 is 10.2 Å². The van der Waals surface area contributed by atoms with Gasteiger partial charge in [0.05, 0.1) is 11.6 Å². The summed E-state index contributed by atoms with van der Waals surface area (Å²) >= 11 is 0. The Bertz CT molecular complexity index is 1120. The molecule has 1 fully saturated rings. The Labute approximate surface area is 194 Å². The number of carbonyl (C=O) groups is 2. The summed E-state index contributed by atoms with van der Waals surface area (Å²) in [6.45, 7) is 2.69. The Morgan fingerprint density at radius 1 is 0.818 bits per heavy atom. The summed E-state index contributed by atoms with van der Waals surface area (Å²) in [5.74, 6) is -0.376. The van der Waals surface area contributed by atoms with Gasteiger partial charge in [0.1, 0.15) is 6.04 Å². The molecule has 1 aliphatic heterocycles. The third-order valence-corrected chi connectivity index (χ3v) is 5.86. The average molecular weight is 439 g/mol. The lowest BCUT2D eigenvalue weighted by Gasteiger charge is -2.27. The van der Waals surface area contributed by atoms with Crippen molar-refractivity contribution < 1.29 is 9.59 Å². The molecule has 1 unspecified atom stereocenters. The van der Waals surface area contributed by atoms with Crippen molar-refractivity contribution in [2.24, 2.45) is 0 Å². The van der Waals surface area contributed by atoms with E-state index in [1.54, 1.807) is 24.3 Å². The van der Waals surface area contributed by atoms with Crippen LogP contribution in [0.5, 0.6) is 0 Å². The Balaban J connectivity index is 1.49. The molecule has 0 saturated carbocycles. The van der Waals surface area contributed by atoms with E-state index in [-0.39, 0.29) is 11.8 Å². The summed E-state index contributed by atoms with van der Waals surface area (Å²) in [5, 5.41) is 12.0. The monoisotopic (exact) mass is 438 g/mol. The maximum absolute atomic E-state index is 13.6. The second-order valence-electron chi connectivity index (χ2n) is 8.01. The molecule has 1 saturated heterocycles. The summed E-state index contributed by atoms with van der Waals surface area (Å²) in [6, 6.07) is 27.2. The molecule has 2 amide bonds. The van der Waals surface area contributed by atoms with Crippen molar-refractivity contribution in [2.75, 3.05) is 31.1 Å². The molecule has 0 aromatic heterocycles. The van der Waals surface area contributed by atoms with Gasteiger partial charge in [-0.25, -0.2) is 0 Å². The number of rotatable bonds is 5. The minimum absolute atomic E-state index is 0.104. The predicted molar refractivity (Wildman–Crippen MR) is 128 cm³/mol. The van der Waals surface area contributed by atoms with Gasteiger partial charge in [0.25, 0.3) is 5.91 Å². The zero-order chi connectivity index (χ0) is 23.0. The lowest BCUT2D eigenvalue weighted by molar-refractivity contribution is -0.133. The molecule has 4 rings (SSSR count). The first-order valence-electron chi connectivity index (χ1n) is 11.1. The number of nitrogens with zero attached hydrogens (tertiary/aromatic N) is 3. The number of anilines is 1. The molecule has 1 N–H and O–H groups in total. The summed E-state index contributed by atoms with van der Waals surface area (Å²) in [6.07, 6.45) is 0.819. The van der Waals surface area contributed by atoms with E-state index in [1.165, 1.54) is 0 Å². The third-order valence-electron chi connectivity index (χ3n) is 5.86. The lowest BCUT2D eigenvalue weighted by atomic mass is 10.0. The van der Waals surface area contributed by atoms with Crippen molar-refractivity contribution in [1.82, 2.24) is 10.2 Å². The predicted octanol–water partition coefficient (Wildman–Crippen LogP) is 3.77. The maximum Gasteiger partial charge on any atom is 0.252 e. The highest BCUT2D eigenvalue weighted by Gasteiger charge is 2.29. The van der Waals surface area contributed by atoms with E-state index in [1.807, 2.05) is 65.6 Å². The van der Waals surface area contributed by atoms with E-state index in [0.29, 0.717) is 30.8 Å². The first-order valence-corrected chi connectivity index (χ1v) is 11.1. The molecular formula is C27H26N4O2. The van der Waals surface area contributed by atoms with Gasteiger partial charge in [-0.05, 0) is 48.4 Å². The van der Waals surface area contributed by atoms with E-state index < -0.39 is 6.04 Å². The Kier molecular flexibility index (Phi) is 7.01. The van der Waals surface area contributed by atoms with E-state index in [2.05, 4.69) is 16.3 Å². The first kappa shape index (κ1) is 22.1. The van der Waals surface area contributed by atoms with Crippen molar-refractivity contribution in [2.45, 2.75) is 12.5 Å². The fourth-order valence-electron chi connectivity index (χ4n) is 4.06. The van der Waals surface area contributed by atoms with Crippen LogP contribution in [0.25, 0.3) is 0 Å². The number of amides is 2. The van der Waals surface area contributed by atoms with Crippen LogP contribution in [0.2, 0.25) is 0 Å². The molecule has 3 aromatic rings. The van der Waals surface area contributed by atoms with E-state index in [0.717, 1.165) is 24.2 Å². The molecule has 6 heteroatoms. The second-order valence-corrected chi connectivity index (χ2v) is 8.01. The average Bonchev–Trinajstić information content (AvgIpc) is 3.14. The van der Waals surface area contributed by atoms with Gasteiger partial charge < -0.3 is 15.1 Å². The Morgan fingerprint density at radius 3 is 2.15 bits per heavy atom. The number of nitrogens with one attached hydrogen (secondary N) is 1. The Morgan fingerprint density at radius 2 is 1.48 bits per heavy atom. The van der Waals surface area contributed by atoms with Gasteiger partial charge >= 0.3 is 0 Å². The van der Waals surface area contributed by atoms with Crippen LogP contribution in [0, 0.1) is 11.3 Å². The molecule has 3 aromatic carbocycles. The van der Waals surface area contributed by atoms with Crippen molar-refractivity contribution in [1.29, 1.82) is 5.26 Å². The van der Waals surface area contributed by atoms with Crippen LogP contribution in [-0.2, 0) is 4.79 Å². The molecule has 0 aliphatic carbocycles. The number of carbonyl (C=O) groups excluding carboxylic acids is 2. The van der Waals surface area contributed by atoms with Gasteiger partial charge in [-0.2, -0.15) is 5.26 Å². The van der Waals surface area contributed by atoms with Crippen molar-refractivity contribution >= 4 is 17.5 Å². The normalized spacial score (nSPS) is 14.6. The van der Waals surface area contributed by atoms with Crippen LogP contribution >= 0.6 is 0 Å². The molecule has 0 radical (unpaired) electrons. The zero-order valence-corrected chi connectivity index (χ0v) is 18.4. The van der Waals surface area contributed by atoms with Crippen LogP contribution in [-0.4, -0.2) is 42.9 Å². The standard InChI is InChI=1S/C27H26N4O2/c28-20-21-12-14-24(15-13-21)30-16-7-17-31(19-18-30)27(33)25(22-8-3-1-4-9-22)29-26(32)23-10-5-2-6-11-23/h1-6,8-15,25H,7,16-19H2,(H,29,32). The van der Waals surface area contributed by atoms with E-state index >= 15 is 0 Å². The summed E-state index contributed by atoms with van der Waals surface area (Å²) in [7, 11) is 0. The molecule has 0 spiro atoms. The molecule has 1 aliphatic rings. The Hall–Kier alpha value is -4.11. The number of nitriles is 1. The van der Waals surface area contributed by atoms with Crippen LogP contribution in [0.15, 0.2) is 84.9 Å². The number of hydrogen-bond acceptors (Lipinski definition) is 4. The van der Waals surface area contributed by atoms with Gasteiger partial charge in [0, 0.05) is 37.4 Å². The highest BCUT2D eigenvalue weighted by atomic mass is 16.2. The van der Waals surface area contributed by atoms with E-state index in [4.69, 9.17) is 5.26 Å². The third kappa shape index (κ3) is 5.39. The van der Waals surface area contributed by atoms with Crippen molar-refractivity contribution in [3.8, 4) is 6.07 Å². The molecular weight excluding hydrogens is 412 g/mol. The minimum atomic E-state index is -0.750. The van der Waals surface area contributed by atoms with Crippen LogP contribution in [0.4, 0.5) is 5.69 Å². The number of benzene rings is 3. The highest BCUT2D eigenvalue weighted by Crippen LogP contribution is 2.21. The van der Waals surface area contributed by atoms with Gasteiger partial charge in [0.15, 0.2) is 0 Å². The fraction of sp³-hybridized carbons (Fsp3) is 0.222.